The van der Waals surface area contributed by atoms with E-state index in [-0.39, 0.29) is 11.1 Å². The lowest BCUT2D eigenvalue weighted by molar-refractivity contribution is 0.205. The van der Waals surface area contributed by atoms with Gasteiger partial charge < -0.3 is 9.84 Å². The molecule has 20 heavy (non-hydrogen) atoms. The molecule has 0 spiro atoms. The van der Waals surface area contributed by atoms with Gasteiger partial charge in [-0.05, 0) is 25.5 Å². The molecule has 0 bridgehead atoms. The van der Waals surface area contributed by atoms with Crippen molar-refractivity contribution in [1.82, 2.24) is 0 Å². The maximum absolute atomic E-state index is 13.9. The van der Waals surface area contributed by atoms with E-state index in [0.717, 1.165) is 0 Å². The fourth-order valence-electron chi connectivity index (χ4n) is 2.03. The first-order valence-corrected chi connectivity index (χ1v) is 6.40. The highest BCUT2D eigenvalue weighted by Crippen LogP contribution is 2.32. The molecular formula is C16H16F2O2. The Labute approximate surface area is 116 Å². The summed E-state index contributed by atoms with van der Waals surface area (Å²) < 4.78 is 32.9. The summed E-state index contributed by atoms with van der Waals surface area (Å²) in [4.78, 5) is 0. The first-order valence-electron chi connectivity index (χ1n) is 6.40. The van der Waals surface area contributed by atoms with Crippen molar-refractivity contribution < 1.29 is 18.6 Å². The molecule has 2 nitrogen and oxygen atoms in total. The van der Waals surface area contributed by atoms with Crippen LogP contribution >= 0.6 is 0 Å². The second kappa shape index (κ2) is 6.01. The van der Waals surface area contributed by atoms with E-state index in [2.05, 4.69) is 0 Å². The van der Waals surface area contributed by atoms with Crippen LogP contribution in [-0.4, -0.2) is 11.7 Å². The SMILES string of the molecule is CCOc1ccccc1C(O)c1ccc(C)c(F)c1F. The van der Waals surface area contributed by atoms with Crippen molar-refractivity contribution in [3.63, 3.8) is 0 Å². The number of rotatable bonds is 4. The van der Waals surface area contributed by atoms with Crippen molar-refractivity contribution in [3.8, 4) is 5.75 Å². The van der Waals surface area contributed by atoms with Gasteiger partial charge in [-0.1, -0.05) is 30.3 Å². The van der Waals surface area contributed by atoms with Crippen LogP contribution in [0.1, 0.15) is 29.7 Å². The quantitative estimate of drug-likeness (QED) is 0.923. The molecule has 2 aromatic rings. The van der Waals surface area contributed by atoms with Gasteiger partial charge in [-0.15, -0.1) is 0 Å². The minimum atomic E-state index is -1.27. The normalized spacial score (nSPS) is 12.2. The summed E-state index contributed by atoms with van der Waals surface area (Å²) in [5.74, 6) is -1.50. The molecule has 0 saturated heterocycles. The molecule has 0 saturated carbocycles. The summed E-state index contributed by atoms with van der Waals surface area (Å²) in [6.45, 7) is 3.71. The number of para-hydroxylation sites is 1. The molecule has 0 aliphatic carbocycles. The average molecular weight is 278 g/mol. The van der Waals surface area contributed by atoms with E-state index < -0.39 is 17.7 Å². The zero-order chi connectivity index (χ0) is 14.7. The highest BCUT2D eigenvalue weighted by molar-refractivity contribution is 5.41. The molecule has 1 N–H and O–H groups in total. The maximum Gasteiger partial charge on any atom is 0.165 e. The lowest BCUT2D eigenvalue weighted by atomic mass is 9.99. The third-order valence-corrected chi connectivity index (χ3v) is 3.11. The molecule has 0 fully saturated rings. The highest BCUT2D eigenvalue weighted by Gasteiger charge is 2.21. The standard InChI is InChI=1S/C16H16F2O2/c1-3-20-13-7-5-4-6-11(13)16(19)12-9-8-10(2)14(17)15(12)18/h4-9,16,19H,3H2,1-2H3. The predicted molar refractivity (Wildman–Crippen MR) is 72.8 cm³/mol. The molecule has 0 amide bonds. The van der Waals surface area contributed by atoms with Gasteiger partial charge in [-0.3, -0.25) is 0 Å². The van der Waals surface area contributed by atoms with Gasteiger partial charge in [0.25, 0.3) is 0 Å². The van der Waals surface area contributed by atoms with Crippen LogP contribution in [0.3, 0.4) is 0 Å². The van der Waals surface area contributed by atoms with Gasteiger partial charge in [0.2, 0.25) is 0 Å². The van der Waals surface area contributed by atoms with Gasteiger partial charge in [0.05, 0.1) is 6.61 Å². The van der Waals surface area contributed by atoms with Crippen molar-refractivity contribution >= 4 is 0 Å². The van der Waals surface area contributed by atoms with E-state index in [1.54, 1.807) is 24.3 Å². The Bertz CT molecular complexity index is 611. The number of aliphatic hydroxyl groups is 1. The molecule has 2 rings (SSSR count). The number of benzene rings is 2. The number of halogens is 2. The molecule has 2 aromatic carbocycles. The molecule has 0 aromatic heterocycles. The van der Waals surface area contributed by atoms with Crippen LogP contribution in [0.5, 0.6) is 5.75 Å². The zero-order valence-corrected chi connectivity index (χ0v) is 11.4. The third kappa shape index (κ3) is 2.65. The molecule has 1 atom stereocenters. The monoisotopic (exact) mass is 278 g/mol. The Morgan fingerprint density at radius 1 is 1.05 bits per heavy atom. The summed E-state index contributed by atoms with van der Waals surface area (Å²) in [6.07, 6.45) is -1.27. The van der Waals surface area contributed by atoms with Gasteiger partial charge in [0.1, 0.15) is 11.9 Å². The average Bonchev–Trinajstić information content (AvgIpc) is 2.45. The summed E-state index contributed by atoms with van der Waals surface area (Å²) in [5, 5.41) is 10.3. The van der Waals surface area contributed by atoms with Crippen molar-refractivity contribution in [2.45, 2.75) is 20.0 Å². The third-order valence-electron chi connectivity index (χ3n) is 3.11. The minimum absolute atomic E-state index is 0.0970. The van der Waals surface area contributed by atoms with Gasteiger partial charge >= 0.3 is 0 Å². The first-order chi connectivity index (χ1) is 9.56. The Hall–Kier alpha value is -1.94. The molecule has 1 unspecified atom stereocenters. The summed E-state index contributed by atoms with van der Waals surface area (Å²) >= 11 is 0. The molecular weight excluding hydrogens is 262 g/mol. The fourth-order valence-corrected chi connectivity index (χ4v) is 2.03. The van der Waals surface area contributed by atoms with E-state index >= 15 is 0 Å². The number of aliphatic hydroxyl groups excluding tert-OH is 1. The van der Waals surface area contributed by atoms with Gasteiger partial charge in [-0.2, -0.15) is 0 Å². The Kier molecular flexibility index (Phi) is 4.35. The molecule has 0 aliphatic rings. The molecule has 0 aliphatic heterocycles. The van der Waals surface area contributed by atoms with E-state index in [4.69, 9.17) is 4.74 Å². The summed E-state index contributed by atoms with van der Waals surface area (Å²) in [6, 6.07) is 9.62. The van der Waals surface area contributed by atoms with Gasteiger partial charge in [0.15, 0.2) is 11.6 Å². The number of hydrogen-bond acceptors (Lipinski definition) is 2. The lowest BCUT2D eigenvalue weighted by Crippen LogP contribution is -2.07. The van der Waals surface area contributed by atoms with Crippen LogP contribution in [0.4, 0.5) is 8.78 Å². The predicted octanol–water partition coefficient (Wildman–Crippen LogP) is 3.75. The van der Waals surface area contributed by atoms with Crippen LogP contribution in [-0.2, 0) is 0 Å². The number of aryl methyl sites for hydroxylation is 1. The fraction of sp³-hybridized carbons (Fsp3) is 0.250. The number of hydrogen-bond donors (Lipinski definition) is 1. The minimum Gasteiger partial charge on any atom is -0.493 e. The summed E-state index contributed by atoms with van der Waals surface area (Å²) in [5.41, 5.74) is 0.522. The second-order valence-corrected chi connectivity index (χ2v) is 4.47. The van der Waals surface area contributed by atoms with Crippen molar-refractivity contribution in [2.75, 3.05) is 6.61 Å². The first kappa shape index (κ1) is 14.5. The summed E-state index contributed by atoms with van der Waals surface area (Å²) in [7, 11) is 0. The topological polar surface area (TPSA) is 29.5 Å². The van der Waals surface area contributed by atoms with Crippen LogP contribution in [0.15, 0.2) is 36.4 Å². The van der Waals surface area contributed by atoms with E-state index in [1.807, 2.05) is 6.92 Å². The van der Waals surface area contributed by atoms with Crippen LogP contribution in [0.25, 0.3) is 0 Å². The zero-order valence-electron chi connectivity index (χ0n) is 11.4. The van der Waals surface area contributed by atoms with E-state index in [0.29, 0.717) is 17.9 Å². The lowest BCUT2D eigenvalue weighted by Gasteiger charge is -2.17. The smallest absolute Gasteiger partial charge is 0.165 e. The van der Waals surface area contributed by atoms with E-state index in [1.165, 1.54) is 19.1 Å². The molecule has 0 radical (unpaired) electrons. The van der Waals surface area contributed by atoms with Crippen LogP contribution < -0.4 is 4.74 Å². The molecule has 0 heterocycles. The van der Waals surface area contributed by atoms with E-state index in [9.17, 15) is 13.9 Å². The number of ether oxygens (including phenoxy) is 1. The highest BCUT2D eigenvalue weighted by atomic mass is 19.2. The van der Waals surface area contributed by atoms with Gasteiger partial charge in [0, 0.05) is 11.1 Å². The molecule has 4 heteroatoms. The maximum atomic E-state index is 13.9. The Morgan fingerprint density at radius 3 is 2.45 bits per heavy atom. The Morgan fingerprint density at radius 2 is 1.75 bits per heavy atom. The van der Waals surface area contributed by atoms with Crippen LogP contribution in [0, 0.1) is 18.6 Å². The van der Waals surface area contributed by atoms with Crippen molar-refractivity contribution in [2.24, 2.45) is 0 Å². The van der Waals surface area contributed by atoms with Gasteiger partial charge in [-0.25, -0.2) is 8.78 Å². The van der Waals surface area contributed by atoms with Crippen LogP contribution in [0.2, 0.25) is 0 Å². The Balaban J connectivity index is 2.46. The molecule has 106 valence electrons. The van der Waals surface area contributed by atoms with Crippen molar-refractivity contribution in [3.05, 3.63) is 64.7 Å². The largest absolute Gasteiger partial charge is 0.493 e. The van der Waals surface area contributed by atoms with Crippen molar-refractivity contribution in [1.29, 1.82) is 0 Å². The second-order valence-electron chi connectivity index (χ2n) is 4.47.